The maximum atomic E-state index is 13.2. The first kappa shape index (κ1) is 17.0. The average molecular weight is 301 g/mol. The number of amides is 1. The fourth-order valence-corrected chi connectivity index (χ4v) is 1.45. The molecule has 21 heavy (non-hydrogen) atoms. The first-order valence-electron chi connectivity index (χ1n) is 6.08. The Bertz CT molecular complexity index is 538. The van der Waals surface area contributed by atoms with Crippen LogP contribution in [-0.4, -0.2) is 43.8 Å². The van der Waals surface area contributed by atoms with Crippen molar-refractivity contribution in [3.05, 3.63) is 35.1 Å². The van der Waals surface area contributed by atoms with E-state index >= 15 is 0 Å². The lowest BCUT2D eigenvalue weighted by Crippen LogP contribution is -2.28. The molecule has 0 atom stereocenters. The van der Waals surface area contributed by atoms with Gasteiger partial charge in [-0.2, -0.15) is 0 Å². The summed E-state index contributed by atoms with van der Waals surface area (Å²) < 4.78 is 41.4. The smallest absolute Gasteiger partial charge is 0.261 e. The number of benzene rings is 1. The minimum absolute atomic E-state index is 0.00445. The molecule has 0 aliphatic carbocycles. The van der Waals surface area contributed by atoms with E-state index in [0.29, 0.717) is 0 Å². The molecule has 1 aromatic carbocycles. The lowest BCUT2D eigenvalue weighted by Gasteiger charge is -2.08. The van der Waals surface area contributed by atoms with Gasteiger partial charge in [-0.15, -0.1) is 0 Å². The summed E-state index contributed by atoms with van der Waals surface area (Å²) in [6, 6.07) is 3.47. The van der Waals surface area contributed by atoms with Gasteiger partial charge in [0.1, 0.15) is 19.0 Å². The van der Waals surface area contributed by atoms with Gasteiger partial charge in [0.25, 0.3) is 12.3 Å². The third kappa shape index (κ3) is 6.29. The van der Waals surface area contributed by atoms with Gasteiger partial charge in [0.2, 0.25) is 0 Å². The number of ether oxygens (including phenoxy) is 1. The number of aliphatic hydroxyl groups excluding tert-OH is 1. The van der Waals surface area contributed by atoms with E-state index < -0.39 is 24.8 Å². The first-order chi connectivity index (χ1) is 10.0. The van der Waals surface area contributed by atoms with E-state index in [-0.39, 0.29) is 30.9 Å². The van der Waals surface area contributed by atoms with Crippen LogP contribution in [-0.2, 0) is 4.74 Å². The molecule has 0 saturated carbocycles. The monoisotopic (exact) mass is 301 g/mol. The number of carbonyl (C=O) groups excluding carboxylic acids is 1. The topological polar surface area (TPSA) is 58.6 Å². The molecule has 1 amide bonds. The van der Waals surface area contributed by atoms with Crippen molar-refractivity contribution >= 4 is 5.91 Å². The summed E-state index contributed by atoms with van der Waals surface area (Å²) >= 11 is 0. The van der Waals surface area contributed by atoms with Gasteiger partial charge in [0.15, 0.2) is 0 Å². The third-order valence-corrected chi connectivity index (χ3v) is 2.30. The van der Waals surface area contributed by atoms with Gasteiger partial charge in [-0.1, -0.05) is 11.8 Å². The number of nitrogens with one attached hydrogen (secondary N) is 1. The predicted octanol–water partition coefficient (Wildman–Crippen LogP) is 1.18. The highest BCUT2D eigenvalue weighted by Gasteiger charge is 2.11. The predicted molar refractivity (Wildman–Crippen MR) is 69.5 cm³/mol. The first-order valence-corrected chi connectivity index (χ1v) is 6.08. The minimum atomic E-state index is -2.57. The number of carbonyl (C=O) groups is 1. The molecule has 2 N–H and O–H groups in total. The normalized spacial score (nSPS) is 10.1. The Labute approximate surface area is 119 Å². The summed E-state index contributed by atoms with van der Waals surface area (Å²) in [5.41, 5.74) is 0.265. The lowest BCUT2D eigenvalue weighted by molar-refractivity contribution is 0.0188. The molecule has 0 bridgehead atoms. The summed E-state index contributed by atoms with van der Waals surface area (Å²) in [5.74, 6) is 3.69. The molecule has 0 radical (unpaired) electrons. The van der Waals surface area contributed by atoms with Crippen LogP contribution in [0, 0.1) is 17.7 Å². The van der Waals surface area contributed by atoms with E-state index in [4.69, 9.17) is 5.11 Å². The number of rotatable bonds is 6. The summed E-state index contributed by atoms with van der Waals surface area (Å²) in [6.07, 6.45) is -2.57. The Morgan fingerprint density at radius 2 is 2.19 bits per heavy atom. The van der Waals surface area contributed by atoms with Gasteiger partial charge in [0.05, 0.1) is 12.2 Å². The summed E-state index contributed by atoms with van der Waals surface area (Å²) in [5, 5.41) is 11.0. The van der Waals surface area contributed by atoms with Gasteiger partial charge in [-0.05, 0) is 18.2 Å². The van der Waals surface area contributed by atoms with Gasteiger partial charge in [-0.3, -0.25) is 4.79 Å². The van der Waals surface area contributed by atoms with Crippen LogP contribution < -0.4 is 5.32 Å². The van der Waals surface area contributed by atoms with Gasteiger partial charge < -0.3 is 15.2 Å². The van der Waals surface area contributed by atoms with Crippen molar-refractivity contribution in [1.29, 1.82) is 0 Å². The molecule has 4 nitrogen and oxygen atoms in total. The fourth-order valence-electron chi connectivity index (χ4n) is 1.45. The number of halogens is 3. The zero-order valence-electron chi connectivity index (χ0n) is 11.0. The van der Waals surface area contributed by atoms with Crippen molar-refractivity contribution in [2.45, 2.75) is 6.43 Å². The second-order valence-corrected chi connectivity index (χ2v) is 3.87. The van der Waals surface area contributed by atoms with Crippen LogP contribution in [0.25, 0.3) is 0 Å². The molecule has 1 rings (SSSR count). The van der Waals surface area contributed by atoms with Crippen LogP contribution in [0.2, 0.25) is 0 Å². The van der Waals surface area contributed by atoms with Gasteiger partial charge in [0, 0.05) is 12.1 Å². The second kappa shape index (κ2) is 9.00. The van der Waals surface area contributed by atoms with Crippen LogP contribution in [0.15, 0.2) is 18.2 Å². The second-order valence-electron chi connectivity index (χ2n) is 3.87. The standard InChI is InChI=1S/C14H14F3NO3/c15-11-4-3-10(2-1-6-19)12(8-11)14(20)18-5-7-21-9-13(16)17/h3-4,8,13,19H,5-7,9H2,(H,18,20). The molecule has 0 aromatic heterocycles. The van der Waals surface area contributed by atoms with Crippen molar-refractivity contribution in [3.8, 4) is 11.8 Å². The Morgan fingerprint density at radius 1 is 1.43 bits per heavy atom. The van der Waals surface area contributed by atoms with Crippen molar-refractivity contribution in [2.24, 2.45) is 0 Å². The molecular formula is C14H14F3NO3. The van der Waals surface area contributed by atoms with E-state index in [2.05, 4.69) is 21.9 Å². The maximum Gasteiger partial charge on any atom is 0.261 e. The highest BCUT2D eigenvalue weighted by molar-refractivity contribution is 5.96. The Hall–Kier alpha value is -2.04. The zero-order valence-corrected chi connectivity index (χ0v) is 11.0. The summed E-state index contributed by atoms with van der Waals surface area (Å²) in [6.45, 7) is -1.17. The molecule has 0 aliphatic rings. The molecule has 0 fully saturated rings. The van der Waals surface area contributed by atoms with E-state index in [1.807, 2.05) is 0 Å². The Balaban J connectivity index is 2.62. The summed E-state index contributed by atoms with van der Waals surface area (Å²) in [4.78, 5) is 11.9. The SMILES string of the molecule is O=C(NCCOCC(F)F)c1cc(F)ccc1C#CCO. The molecule has 0 aliphatic heterocycles. The highest BCUT2D eigenvalue weighted by Crippen LogP contribution is 2.10. The molecule has 114 valence electrons. The number of hydrogen-bond donors (Lipinski definition) is 2. The van der Waals surface area contributed by atoms with E-state index in [1.54, 1.807) is 0 Å². The number of alkyl halides is 2. The van der Waals surface area contributed by atoms with Crippen LogP contribution in [0.1, 0.15) is 15.9 Å². The van der Waals surface area contributed by atoms with Crippen molar-refractivity contribution in [1.82, 2.24) is 5.32 Å². The lowest BCUT2D eigenvalue weighted by atomic mass is 10.1. The largest absolute Gasteiger partial charge is 0.384 e. The van der Waals surface area contributed by atoms with Gasteiger partial charge in [-0.25, -0.2) is 13.2 Å². The quantitative estimate of drug-likeness (QED) is 0.613. The fraction of sp³-hybridized carbons (Fsp3) is 0.357. The summed E-state index contributed by atoms with van der Waals surface area (Å²) in [7, 11) is 0. The average Bonchev–Trinajstić information content (AvgIpc) is 2.45. The van der Waals surface area contributed by atoms with Gasteiger partial charge >= 0.3 is 0 Å². The molecule has 7 heteroatoms. The Morgan fingerprint density at radius 3 is 2.86 bits per heavy atom. The van der Waals surface area contributed by atoms with E-state index in [9.17, 15) is 18.0 Å². The minimum Gasteiger partial charge on any atom is -0.384 e. The molecule has 0 unspecified atom stereocenters. The maximum absolute atomic E-state index is 13.2. The molecule has 1 aromatic rings. The van der Waals surface area contributed by atoms with Crippen molar-refractivity contribution in [3.63, 3.8) is 0 Å². The van der Waals surface area contributed by atoms with Crippen LogP contribution in [0.5, 0.6) is 0 Å². The van der Waals surface area contributed by atoms with Crippen LogP contribution >= 0.6 is 0 Å². The highest BCUT2D eigenvalue weighted by atomic mass is 19.3. The molecule has 0 saturated heterocycles. The zero-order chi connectivity index (χ0) is 15.7. The molecular weight excluding hydrogens is 287 g/mol. The molecule has 0 spiro atoms. The van der Waals surface area contributed by atoms with E-state index in [0.717, 1.165) is 12.1 Å². The third-order valence-electron chi connectivity index (χ3n) is 2.30. The van der Waals surface area contributed by atoms with E-state index in [1.165, 1.54) is 6.07 Å². The Kier molecular flexibility index (Phi) is 7.29. The molecule has 0 heterocycles. The number of aliphatic hydroxyl groups is 1. The number of hydrogen-bond acceptors (Lipinski definition) is 3. The van der Waals surface area contributed by atoms with Crippen LogP contribution in [0.4, 0.5) is 13.2 Å². The van der Waals surface area contributed by atoms with Crippen molar-refractivity contribution < 1.29 is 27.8 Å². The van der Waals surface area contributed by atoms with Crippen molar-refractivity contribution in [2.75, 3.05) is 26.4 Å². The van der Waals surface area contributed by atoms with Crippen LogP contribution in [0.3, 0.4) is 0 Å².